The molecular formula is C35H37BrF5N3O4. The average molecular weight is 739 g/mol. The quantitative estimate of drug-likeness (QED) is 0.0733. The maximum Gasteiger partial charge on any atom is 0.419 e. The Morgan fingerprint density at radius 3 is 2.44 bits per heavy atom. The summed E-state index contributed by atoms with van der Waals surface area (Å²) in [6.45, 7) is 11.7. The van der Waals surface area contributed by atoms with Crippen LogP contribution in [0.25, 0.3) is 11.1 Å². The highest BCUT2D eigenvalue weighted by atomic mass is 79.9. The SMILES string of the molecule is C=CCCCCc1cc(F)cc(C)c1-c1cc([C@H](CC(=O)OCC)NC(=O)[C@H](CC=C)n2cc(Br)nc(C)c2=O)c(F)c(C(F)(F)F)c1. The van der Waals surface area contributed by atoms with Gasteiger partial charge in [0.2, 0.25) is 5.91 Å². The summed E-state index contributed by atoms with van der Waals surface area (Å²) in [7, 11) is 0. The zero-order valence-electron chi connectivity index (χ0n) is 26.9. The first-order chi connectivity index (χ1) is 22.6. The van der Waals surface area contributed by atoms with E-state index in [-0.39, 0.29) is 34.5 Å². The number of unbranched alkanes of at least 4 members (excludes halogenated alkanes) is 2. The number of rotatable bonds is 15. The molecule has 13 heteroatoms. The number of nitrogens with zero attached hydrogens (tertiary/aromatic N) is 2. The Balaban J connectivity index is 2.26. The lowest BCUT2D eigenvalue weighted by Crippen LogP contribution is -2.40. The highest BCUT2D eigenvalue weighted by Gasteiger charge is 2.38. The topological polar surface area (TPSA) is 90.3 Å². The number of carbonyl (C=O) groups is 2. The maximum absolute atomic E-state index is 16.0. The fourth-order valence-electron chi connectivity index (χ4n) is 5.50. The number of esters is 1. The van der Waals surface area contributed by atoms with Crippen LogP contribution in [0.2, 0.25) is 0 Å². The normalized spacial score (nSPS) is 12.7. The van der Waals surface area contributed by atoms with E-state index in [4.69, 9.17) is 4.74 Å². The Hall–Kier alpha value is -4.13. The van der Waals surface area contributed by atoms with Gasteiger partial charge in [-0.25, -0.2) is 13.8 Å². The summed E-state index contributed by atoms with van der Waals surface area (Å²) in [5.41, 5.74) is -1.92. The van der Waals surface area contributed by atoms with Gasteiger partial charge in [-0.1, -0.05) is 12.2 Å². The molecule has 0 saturated carbocycles. The fourth-order valence-corrected chi connectivity index (χ4v) is 5.99. The molecule has 0 fully saturated rings. The van der Waals surface area contributed by atoms with Gasteiger partial charge in [-0.3, -0.25) is 19.0 Å². The van der Waals surface area contributed by atoms with E-state index in [2.05, 4.69) is 39.4 Å². The van der Waals surface area contributed by atoms with Gasteiger partial charge in [0.05, 0.1) is 24.6 Å². The number of alkyl halides is 3. The molecule has 258 valence electrons. The van der Waals surface area contributed by atoms with E-state index in [1.54, 1.807) is 6.08 Å². The first kappa shape index (κ1) is 38.3. The number of hydrogen-bond donors (Lipinski definition) is 1. The van der Waals surface area contributed by atoms with Crippen LogP contribution in [0.1, 0.15) is 79.1 Å². The van der Waals surface area contributed by atoms with E-state index in [0.717, 1.165) is 10.6 Å². The van der Waals surface area contributed by atoms with Crippen LogP contribution in [0.15, 0.2) is 65.2 Å². The highest BCUT2D eigenvalue weighted by Crippen LogP contribution is 2.40. The van der Waals surface area contributed by atoms with Crippen molar-refractivity contribution in [2.75, 3.05) is 6.61 Å². The molecule has 1 heterocycles. The highest BCUT2D eigenvalue weighted by molar-refractivity contribution is 9.10. The third kappa shape index (κ3) is 9.48. The van der Waals surface area contributed by atoms with Gasteiger partial charge >= 0.3 is 12.1 Å². The van der Waals surface area contributed by atoms with Crippen LogP contribution in [0, 0.1) is 25.5 Å². The molecule has 0 aliphatic carbocycles. The van der Waals surface area contributed by atoms with Crippen LogP contribution < -0.4 is 10.9 Å². The monoisotopic (exact) mass is 737 g/mol. The molecule has 0 unspecified atom stereocenters. The maximum atomic E-state index is 16.0. The van der Waals surface area contributed by atoms with Crippen LogP contribution in [0.3, 0.4) is 0 Å². The summed E-state index contributed by atoms with van der Waals surface area (Å²) >= 11 is 3.19. The number of halogens is 6. The average Bonchev–Trinajstić information content (AvgIpc) is 2.99. The van der Waals surface area contributed by atoms with Crippen molar-refractivity contribution in [2.45, 2.75) is 77.6 Å². The number of nitrogens with one attached hydrogen (secondary N) is 1. The Kier molecular flexibility index (Phi) is 13.4. The van der Waals surface area contributed by atoms with E-state index >= 15 is 4.39 Å². The molecule has 7 nitrogen and oxygen atoms in total. The van der Waals surface area contributed by atoms with Crippen molar-refractivity contribution < 1.29 is 36.3 Å². The summed E-state index contributed by atoms with van der Waals surface area (Å²) in [4.78, 5) is 43.5. The van der Waals surface area contributed by atoms with Crippen molar-refractivity contribution in [3.63, 3.8) is 0 Å². The summed E-state index contributed by atoms with van der Waals surface area (Å²) in [6, 6.07) is 1.23. The second kappa shape index (κ2) is 16.8. The zero-order valence-corrected chi connectivity index (χ0v) is 28.4. The van der Waals surface area contributed by atoms with E-state index < -0.39 is 64.9 Å². The number of ether oxygens (including phenoxy) is 1. The molecule has 0 spiro atoms. The molecular weight excluding hydrogens is 701 g/mol. The standard InChI is InChI=1S/C35H37BrF5N3O4/c1-6-9-10-11-13-22-15-24(37)14-20(4)31(22)23-16-25(32(38)26(17-23)35(39,40)41)27(18-30(45)48-8-3)43-33(46)28(12-7-2)44-19-29(36)42-21(5)34(44)47/h6-7,14-17,19,27-28H,1-2,8-13,18H2,3-5H3,(H,43,46)/t27-,28-/m0/s1. The van der Waals surface area contributed by atoms with Crippen molar-refractivity contribution in [3.05, 3.63) is 110 Å². The van der Waals surface area contributed by atoms with E-state index in [9.17, 15) is 31.9 Å². The molecule has 0 radical (unpaired) electrons. The molecule has 1 amide bonds. The van der Waals surface area contributed by atoms with Gasteiger partial charge in [0.15, 0.2) is 0 Å². The van der Waals surface area contributed by atoms with E-state index in [1.807, 2.05) is 0 Å². The van der Waals surface area contributed by atoms with Gasteiger partial charge in [-0.05, 0) is 115 Å². The van der Waals surface area contributed by atoms with Crippen LogP contribution in [0.5, 0.6) is 0 Å². The van der Waals surface area contributed by atoms with Gasteiger partial charge in [-0.2, -0.15) is 13.2 Å². The molecule has 1 aromatic heterocycles. The molecule has 0 aliphatic heterocycles. The number of carbonyl (C=O) groups excluding carboxylic acids is 2. The Morgan fingerprint density at radius 2 is 1.81 bits per heavy atom. The zero-order chi connectivity index (χ0) is 35.8. The van der Waals surface area contributed by atoms with E-state index in [0.29, 0.717) is 42.9 Å². The smallest absolute Gasteiger partial charge is 0.419 e. The summed E-state index contributed by atoms with van der Waals surface area (Å²) < 4.78 is 80.1. The van der Waals surface area contributed by atoms with E-state index in [1.165, 1.54) is 45.2 Å². The van der Waals surface area contributed by atoms with Gasteiger partial charge in [0, 0.05) is 11.8 Å². The van der Waals surface area contributed by atoms with Crippen LogP contribution in [-0.2, 0) is 26.9 Å². The minimum absolute atomic E-state index is 0.0536. The third-order valence-corrected chi connectivity index (χ3v) is 8.02. The number of amides is 1. The number of aromatic nitrogens is 2. The molecule has 0 saturated heterocycles. The molecule has 48 heavy (non-hydrogen) atoms. The Bertz CT molecular complexity index is 1740. The van der Waals surface area contributed by atoms with Crippen LogP contribution in [0.4, 0.5) is 22.0 Å². The summed E-state index contributed by atoms with van der Waals surface area (Å²) in [5, 5.41) is 2.50. The van der Waals surface area contributed by atoms with Gasteiger partial charge in [0.25, 0.3) is 5.56 Å². The molecule has 0 aliphatic rings. The van der Waals surface area contributed by atoms with Crippen molar-refractivity contribution in [1.29, 1.82) is 0 Å². The second-order valence-electron chi connectivity index (χ2n) is 11.2. The molecule has 2 aromatic carbocycles. The molecule has 0 bridgehead atoms. The lowest BCUT2D eigenvalue weighted by Gasteiger charge is -2.26. The Labute approximate surface area is 284 Å². The molecule has 3 aromatic rings. The van der Waals surface area contributed by atoms with Gasteiger partial charge in [-0.15, -0.1) is 13.2 Å². The first-order valence-corrected chi connectivity index (χ1v) is 16.0. The van der Waals surface area contributed by atoms with Crippen molar-refractivity contribution >= 4 is 27.8 Å². The van der Waals surface area contributed by atoms with Crippen molar-refractivity contribution in [1.82, 2.24) is 14.9 Å². The lowest BCUT2D eigenvalue weighted by atomic mass is 9.88. The third-order valence-electron chi connectivity index (χ3n) is 7.64. The minimum atomic E-state index is -5.18. The number of benzene rings is 2. The van der Waals surface area contributed by atoms with Gasteiger partial charge in [0.1, 0.15) is 28.0 Å². The number of allylic oxidation sites excluding steroid dienone is 2. The predicted molar refractivity (Wildman–Crippen MR) is 176 cm³/mol. The Morgan fingerprint density at radius 1 is 1.10 bits per heavy atom. The van der Waals surface area contributed by atoms with Crippen LogP contribution in [-0.4, -0.2) is 28.0 Å². The summed E-state index contributed by atoms with van der Waals surface area (Å²) in [6.07, 6.45) is 0.627. The van der Waals surface area contributed by atoms with Crippen LogP contribution >= 0.6 is 15.9 Å². The van der Waals surface area contributed by atoms with Crippen molar-refractivity contribution in [3.8, 4) is 11.1 Å². The first-order valence-electron chi connectivity index (χ1n) is 15.3. The number of aryl methyl sites for hydroxylation is 3. The van der Waals surface area contributed by atoms with Gasteiger partial charge < -0.3 is 10.1 Å². The second-order valence-corrected chi connectivity index (χ2v) is 12.0. The fraction of sp³-hybridized carbons (Fsp3) is 0.371. The number of hydrogen-bond acceptors (Lipinski definition) is 5. The minimum Gasteiger partial charge on any atom is -0.466 e. The molecule has 3 rings (SSSR count). The molecule has 1 N–H and O–H groups in total. The largest absolute Gasteiger partial charge is 0.466 e. The summed E-state index contributed by atoms with van der Waals surface area (Å²) in [5.74, 6) is -4.10. The lowest BCUT2D eigenvalue weighted by molar-refractivity contribution is -0.144. The van der Waals surface area contributed by atoms with Crippen molar-refractivity contribution in [2.24, 2.45) is 0 Å². The molecule has 2 atom stereocenters. The predicted octanol–water partition coefficient (Wildman–Crippen LogP) is 8.41.